The van der Waals surface area contributed by atoms with Crippen molar-refractivity contribution in [2.75, 3.05) is 0 Å². The maximum absolute atomic E-state index is 13.3. The van der Waals surface area contributed by atoms with Crippen LogP contribution in [0.3, 0.4) is 0 Å². The molecule has 0 saturated heterocycles. The first kappa shape index (κ1) is 33.3. The van der Waals surface area contributed by atoms with Crippen molar-refractivity contribution >= 4 is 29.8 Å². The lowest BCUT2D eigenvalue weighted by atomic mass is 10.0. The molecule has 0 saturated carbocycles. The summed E-state index contributed by atoms with van der Waals surface area (Å²) in [7, 11) is 0. The van der Waals surface area contributed by atoms with Crippen LogP contribution in [0.25, 0.3) is 0 Å². The Kier molecular flexibility index (Phi) is 12.9. The SMILES string of the molecule is C[C@H](NC(=O)OCc1ccccc1)C(=O)N[C@@H](C)C(=O)N[C@@H](Cc1ccccc1)C(=O)N[C@@H](CCc1ccccc1)C(=O)O. The molecule has 5 N–H and O–H groups in total. The minimum Gasteiger partial charge on any atom is -0.480 e. The highest BCUT2D eigenvalue weighted by atomic mass is 16.5. The number of aliphatic carboxylic acids is 1. The number of hydrogen-bond acceptors (Lipinski definition) is 6. The maximum atomic E-state index is 13.3. The molecule has 44 heavy (non-hydrogen) atoms. The van der Waals surface area contributed by atoms with Gasteiger partial charge in [0.05, 0.1) is 0 Å². The Labute approximate surface area is 256 Å². The molecule has 0 aliphatic rings. The van der Waals surface area contributed by atoms with Crippen LogP contribution in [-0.4, -0.2) is 59.1 Å². The van der Waals surface area contributed by atoms with Crippen molar-refractivity contribution in [3.8, 4) is 0 Å². The molecule has 3 rings (SSSR count). The number of ether oxygens (including phenoxy) is 1. The lowest BCUT2D eigenvalue weighted by Crippen LogP contribution is -2.57. The van der Waals surface area contributed by atoms with Crippen LogP contribution in [0.15, 0.2) is 91.0 Å². The number of hydrogen-bond donors (Lipinski definition) is 5. The van der Waals surface area contributed by atoms with E-state index < -0.39 is 54.0 Å². The Morgan fingerprint density at radius 3 is 1.66 bits per heavy atom. The van der Waals surface area contributed by atoms with Crippen LogP contribution in [0.4, 0.5) is 4.79 Å². The van der Waals surface area contributed by atoms with Crippen molar-refractivity contribution < 1.29 is 33.8 Å². The average molecular weight is 603 g/mol. The molecular weight excluding hydrogens is 564 g/mol. The minimum absolute atomic E-state index is 0.0275. The zero-order valence-electron chi connectivity index (χ0n) is 24.7. The predicted octanol–water partition coefficient (Wildman–Crippen LogP) is 2.74. The van der Waals surface area contributed by atoms with E-state index in [2.05, 4.69) is 21.3 Å². The number of nitrogens with one attached hydrogen (secondary N) is 4. The molecule has 0 fully saturated rings. The van der Waals surface area contributed by atoms with E-state index in [0.29, 0.717) is 6.42 Å². The molecule has 4 atom stereocenters. The van der Waals surface area contributed by atoms with Gasteiger partial charge in [0, 0.05) is 6.42 Å². The van der Waals surface area contributed by atoms with E-state index in [1.54, 1.807) is 36.4 Å². The van der Waals surface area contributed by atoms with E-state index in [0.717, 1.165) is 16.7 Å². The standard InChI is InChI=1S/C33H38N4O7/c1-22(34-29(38)23(2)35-33(43)44-21-26-16-10-5-11-17-26)30(39)37-28(20-25-14-8-4-9-15-25)31(40)36-27(32(41)42)19-18-24-12-6-3-7-13-24/h3-17,22-23,27-28H,18-21H2,1-2H3,(H,34,38)(H,35,43)(H,36,40)(H,37,39)(H,41,42)/t22-,23-,27-,28-/m0/s1. The van der Waals surface area contributed by atoms with Gasteiger partial charge in [0.15, 0.2) is 0 Å². The second-order valence-corrected chi connectivity index (χ2v) is 10.3. The maximum Gasteiger partial charge on any atom is 0.408 e. The Morgan fingerprint density at radius 2 is 1.09 bits per heavy atom. The summed E-state index contributed by atoms with van der Waals surface area (Å²) >= 11 is 0. The van der Waals surface area contributed by atoms with Crippen LogP contribution in [0, 0.1) is 0 Å². The molecule has 0 aliphatic heterocycles. The van der Waals surface area contributed by atoms with E-state index in [1.807, 2.05) is 54.6 Å². The molecule has 3 aromatic rings. The summed E-state index contributed by atoms with van der Waals surface area (Å²) < 4.78 is 5.13. The zero-order chi connectivity index (χ0) is 31.9. The van der Waals surface area contributed by atoms with Crippen LogP contribution in [-0.2, 0) is 43.4 Å². The van der Waals surface area contributed by atoms with Gasteiger partial charge in [0.25, 0.3) is 0 Å². The number of amides is 4. The van der Waals surface area contributed by atoms with Crippen molar-refractivity contribution in [1.82, 2.24) is 21.3 Å². The number of carbonyl (C=O) groups excluding carboxylic acids is 4. The van der Waals surface area contributed by atoms with Gasteiger partial charge >= 0.3 is 12.1 Å². The van der Waals surface area contributed by atoms with Gasteiger partial charge in [-0.25, -0.2) is 9.59 Å². The third-order valence-electron chi connectivity index (χ3n) is 6.79. The number of benzene rings is 3. The highest BCUT2D eigenvalue weighted by Crippen LogP contribution is 2.08. The quantitative estimate of drug-likeness (QED) is 0.179. The van der Waals surface area contributed by atoms with Gasteiger partial charge < -0.3 is 31.1 Å². The third-order valence-corrected chi connectivity index (χ3v) is 6.79. The fourth-order valence-corrected chi connectivity index (χ4v) is 4.25. The first-order chi connectivity index (χ1) is 21.1. The van der Waals surface area contributed by atoms with Crippen molar-refractivity contribution in [3.63, 3.8) is 0 Å². The Bertz CT molecular complexity index is 1390. The van der Waals surface area contributed by atoms with Crippen LogP contribution < -0.4 is 21.3 Å². The molecule has 0 bridgehead atoms. The third kappa shape index (κ3) is 11.2. The van der Waals surface area contributed by atoms with E-state index >= 15 is 0 Å². The normalized spacial score (nSPS) is 13.3. The van der Waals surface area contributed by atoms with Gasteiger partial charge in [-0.1, -0.05) is 91.0 Å². The topological polar surface area (TPSA) is 163 Å². The summed E-state index contributed by atoms with van der Waals surface area (Å²) in [6.45, 7) is 2.90. The lowest BCUT2D eigenvalue weighted by Gasteiger charge is -2.24. The molecule has 4 amide bonds. The summed E-state index contributed by atoms with van der Waals surface area (Å²) in [4.78, 5) is 63.2. The van der Waals surface area contributed by atoms with Gasteiger partial charge in [-0.05, 0) is 43.4 Å². The fourth-order valence-electron chi connectivity index (χ4n) is 4.25. The van der Waals surface area contributed by atoms with Crippen LogP contribution in [0.1, 0.15) is 37.0 Å². The van der Waals surface area contributed by atoms with Crippen molar-refractivity contribution in [1.29, 1.82) is 0 Å². The summed E-state index contributed by atoms with van der Waals surface area (Å²) in [5, 5.41) is 19.9. The first-order valence-corrected chi connectivity index (χ1v) is 14.3. The summed E-state index contributed by atoms with van der Waals surface area (Å²) in [5.74, 6) is -3.16. The molecule has 0 heterocycles. The number of carboxylic acid groups (broad SMARTS) is 1. The van der Waals surface area contributed by atoms with E-state index in [9.17, 15) is 29.1 Å². The van der Waals surface area contributed by atoms with Crippen LogP contribution in [0.5, 0.6) is 0 Å². The van der Waals surface area contributed by atoms with Crippen molar-refractivity contribution in [2.24, 2.45) is 0 Å². The van der Waals surface area contributed by atoms with Gasteiger partial charge in [-0.15, -0.1) is 0 Å². The van der Waals surface area contributed by atoms with Crippen LogP contribution >= 0.6 is 0 Å². The summed E-state index contributed by atoms with van der Waals surface area (Å²) in [6, 6.07) is 22.9. The summed E-state index contributed by atoms with van der Waals surface area (Å²) in [6.07, 6.45) is -0.117. The first-order valence-electron chi connectivity index (χ1n) is 14.3. The van der Waals surface area contributed by atoms with Gasteiger partial charge in [-0.2, -0.15) is 0 Å². The number of aryl methyl sites for hydroxylation is 1. The minimum atomic E-state index is -1.19. The number of carbonyl (C=O) groups is 5. The molecule has 0 aliphatic carbocycles. The average Bonchev–Trinajstić information content (AvgIpc) is 3.02. The number of rotatable bonds is 15. The monoisotopic (exact) mass is 602 g/mol. The molecule has 0 unspecified atom stereocenters. The van der Waals surface area contributed by atoms with Gasteiger partial charge in [0.1, 0.15) is 30.8 Å². The Hall–Kier alpha value is -5.19. The highest BCUT2D eigenvalue weighted by molar-refractivity contribution is 5.94. The zero-order valence-corrected chi connectivity index (χ0v) is 24.7. The predicted molar refractivity (Wildman–Crippen MR) is 163 cm³/mol. The number of carboxylic acids is 1. The fraction of sp³-hybridized carbons (Fsp3) is 0.303. The van der Waals surface area contributed by atoms with Crippen molar-refractivity contribution in [2.45, 2.75) is 63.9 Å². The smallest absolute Gasteiger partial charge is 0.408 e. The van der Waals surface area contributed by atoms with Crippen LogP contribution in [0.2, 0.25) is 0 Å². The Balaban J connectivity index is 1.58. The largest absolute Gasteiger partial charge is 0.480 e. The molecule has 232 valence electrons. The lowest BCUT2D eigenvalue weighted by molar-refractivity contribution is -0.142. The summed E-state index contributed by atoms with van der Waals surface area (Å²) in [5.41, 5.74) is 2.46. The van der Waals surface area contributed by atoms with E-state index in [1.165, 1.54) is 13.8 Å². The number of alkyl carbamates (subject to hydrolysis) is 1. The van der Waals surface area contributed by atoms with Crippen molar-refractivity contribution in [3.05, 3.63) is 108 Å². The molecule has 11 nitrogen and oxygen atoms in total. The highest BCUT2D eigenvalue weighted by Gasteiger charge is 2.29. The Morgan fingerprint density at radius 1 is 0.614 bits per heavy atom. The molecular formula is C33H38N4O7. The van der Waals surface area contributed by atoms with Gasteiger partial charge in [0.2, 0.25) is 17.7 Å². The molecule has 0 aromatic heterocycles. The van der Waals surface area contributed by atoms with E-state index in [-0.39, 0.29) is 19.4 Å². The van der Waals surface area contributed by atoms with E-state index in [4.69, 9.17) is 4.74 Å². The molecule has 0 spiro atoms. The second kappa shape index (κ2) is 17.1. The second-order valence-electron chi connectivity index (χ2n) is 10.3. The molecule has 11 heteroatoms. The van der Waals surface area contributed by atoms with Gasteiger partial charge in [-0.3, -0.25) is 14.4 Å². The molecule has 0 radical (unpaired) electrons. The molecule has 3 aromatic carbocycles.